The van der Waals surface area contributed by atoms with Crippen LogP contribution >= 0.6 is 15.9 Å². The minimum absolute atomic E-state index is 0.181. The molecule has 0 bridgehead atoms. The molecular weight excluding hydrogens is 270 g/mol. The van der Waals surface area contributed by atoms with Crippen molar-refractivity contribution >= 4 is 27.4 Å². The summed E-state index contributed by atoms with van der Waals surface area (Å²) >= 11 is 3.30. The van der Waals surface area contributed by atoms with Gasteiger partial charge in [0.1, 0.15) is 6.33 Å². The molecule has 1 aromatic carbocycles. The molecule has 2 aromatic rings. The summed E-state index contributed by atoms with van der Waals surface area (Å²) in [7, 11) is 0. The van der Waals surface area contributed by atoms with Crippen LogP contribution in [0.5, 0.6) is 0 Å². The second-order valence-electron chi connectivity index (χ2n) is 3.19. The fraction of sp³-hybridized carbons (Fsp3) is 0. The van der Waals surface area contributed by atoms with E-state index in [1.54, 1.807) is 18.2 Å². The summed E-state index contributed by atoms with van der Waals surface area (Å²) in [4.78, 5) is 19.6. The molecule has 0 saturated carbocycles. The van der Waals surface area contributed by atoms with Crippen molar-refractivity contribution in [3.8, 4) is 0 Å². The van der Waals surface area contributed by atoms with Crippen LogP contribution in [0.1, 0.15) is 15.9 Å². The van der Waals surface area contributed by atoms with Crippen molar-refractivity contribution in [2.45, 2.75) is 0 Å². The number of nitrogens with two attached hydrogens (primary N) is 1. The molecule has 0 aliphatic rings. The van der Waals surface area contributed by atoms with E-state index in [0.29, 0.717) is 16.8 Å². The maximum Gasteiger partial charge on any atom is 0.198 e. The Labute approximate surface area is 101 Å². The van der Waals surface area contributed by atoms with E-state index in [1.807, 2.05) is 0 Å². The summed E-state index contributed by atoms with van der Waals surface area (Å²) in [5, 5.41) is 0. The molecule has 0 unspecified atom stereocenters. The van der Waals surface area contributed by atoms with Gasteiger partial charge in [0.15, 0.2) is 5.78 Å². The van der Waals surface area contributed by atoms with Crippen LogP contribution in [0.4, 0.5) is 5.69 Å². The van der Waals surface area contributed by atoms with Crippen LogP contribution < -0.4 is 5.73 Å². The van der Waals surface area contributed by atoms with Gasteiger partial charge in [-0.15, -0.1) is 0 Å². The first-order valence-corrected chi connectivity index (χ1v) is 5.32. The number of carbonyl (C=O) groups is 1. The summed E-state index contributed by atoms with van der Waals surface area (Å²) in [6.45, 7) is 0. The highest BCUT2D eigenvalue weighted by atomic mass is 79.9. The molecule has 0 aliphatic heterocycles. The van der Waals surface area contributed by atoms with E-state index >= 15 is 0 Å². The SMILES string of the molecule is Nc1ccc(Br)cc1C(=O)c1cncnc1. The molecule has 0 atom stereocenters. The Morgan fingerprint density at radius 3 is 2.62 bits per heavy atom. The number of ketones is 1. The Morgan fingerprint density at radius 2 is 1.94 bits per heavy atom. The number of hydrogen-bond acceptors (Lipinski definition) is 4. The molecule has 0 amide bonds. The first-order chi connectivity index (χ1) is 7.68. The summed E-state index contributed by atoms with van der Waals surface area (Å²) < 4.78 is 0.807. The van der Waals surface area contributed by atoms with E-state index < -0.39 is 0 Å². The van der Waals surface area contributed by atoms with Gasteiger partial charge in [-0.25, -0.2) is 9.97 Å². The Balaban J connectivity index is 2.46. The first kappa shape index (κ1) is 10.8. The summed E-state index contributed by atoms with van der Waals surface area (Å²) in [5.74, 6) is -0.181. The molecule has 4 nitrogen and oxygen atoms in total. The van der Waals surface area contributed by atoms with Crippen molar-refractivity contribution in [1.82, 2.24) is 9.97 Å². The van der Waals surface area contributed by atoms with Gasteiger partial charge in [-0.2, -0.15) is 0 Å². The van der Waals surface area contributed by atoms with Crippen molar-refractivity contribution in [2.75, 3.05) is 5.73 Å². The average molecular weight is 278 g/mol. The van der Waals surface area contributed by atoms with Crippen LogP contribution in [0.25, 0.3) is 0 Å². The largest absolute Gasteiger partial charge is 0.398 e. The number of anilines is 1. The maximum atomic E-state index is 12.0. The third kappa shape index (κ3) is 2.09. The van der Waals surface area contributed by atoms with Gasteiger partial charge >= 0.3 is 0 Å². The van der Waals surface area contributed by atoms with Gasteiger partial charge in [-0.3, -0.25) is 4.79 Å². The highest BCUT2D eigenvalue weighted by Crippen LogP contribution is 2.20. The van der Waals surface area contributed by atoms with Gasteiger partial charge in [0.2, 0.25) is 0 Å². The van der Waals surface area contributed by atoms with Crippen molar-refractivity contribution in [3.05, 3.63) is 52.5 Å². The van der Waals surface area contributed by atoms with Gasteiger partial charge in [0.05, 0.1) is 5.56 Å². The minimum Gasteiger partial charge on any atom is -0.398 e. The molecule has 16 heavy (non-hydrogen) atoms. The Bertz CT molecular complexity index is 528. The molecule has 0 spiro atoms. The quantitative estimate of drug-likeness (QED) is 0.674. The van der Waals surface area contributed by atoms with E-state index in [0.717, 1.165) is 4.47 Å². The Hall–Kier alpha value is -1.75. The zero-order chi connectivity index (χ0) is 11.5. The summed E-state index contributed by atoms with van der Waals surface area (Å²) in [5.41, 5.74) is 7.06. The van der Waals surface area contributed by atoms with Crippen molar-refractivity contribution in [3.63, 3.8) is 0 Å². The van der Waals surface area contributed by atoms with E-state index in [-0.39, 0.29) is 5.78 Å². The second kappa shape index (κ2) is 4.40. The third-order valence-electron chi connectivity index (χ3n) is 2.08. The van der Waals surface area contributed by atoms with Crippen molar-refractivity contribution < 1.29 is 4.79 Å². The van der Waals surface area contributed by atoms with Gasteiger partial charge < -0.3 is 5.73 Å². The number of benzene rings is 1. The predicted octanol–water partition coefficient (Wildman–Crippen LogP) is 2.05. The second-order valence-corrected chi connectivity index (χ2v) is 4.10. The lowest BCUT2D eigenvalue weighted by Gasteiger charge is -2.04. The van der Waals surface area contributed by atoms with Crippen LogP contribution in [0, 0.1) is 0 Å². The van der Waals surface area contributed by atoms with E-state index in [9.17, 15) is 4.79 Å². The van der Waals surface area contributed by atoms with E-state index in [4.69, 9.17) is 5.73 Å². The Morgan fingerprint density at radius 1 is 1.25 bits per heavy atom. The lowest BCUT2D eigenvalue weighted by Crippen LogP contribution is -2.06. The number of aromatic nitrogens is 2. The average Bonchev–Trinajstić information content (AvgIpc) is 2.32. The predicted molar refractivity (Wildman–Crippen MR) is 64.0 cm³/mol. The minimum atomic E-state index is -0.181. The van der Waals surface area contributed by atoms with Gasteiger partial charge in [-0.05, 0) is 18.2 Å². The smallest absolute Gasteiger partial charge is 0.198 e. The van der Waals surface area contributed by atoms with Crippen LogP contribution in [0.3, 0.4) is 0 Å². The van der Waals surface area contributed by atoms with Gasteiger partial charge in [0, 0.05) is 28.1 Å². The molecule has 0 saturated heterocycles. The van der Waals surface area contributed by atoms with Crippen LogP contribution in [0.15, 0.2) is 41.4 Å². The number of hydrogen-bond donors (Lipinski definition) is 1. The molecular formula is C11H8BrN3O. The third-order valence-corrected chi connectivity index (χ3v) is 2.58. The molecule has 0 fully saturated rings. The molecule has 1 heterocycles. The molecule has 0 aliphatic carbocycles. The van der Waals surface area contributed by atoms with Gasteiger partial charge in [0.25, 0.3) is 0 Å². The fourth-order valence-electron chi connectivity index (χ4n) is 1.30. The van der Waals surface area contributed by atoms with Crippen molar-refractivity contribution in [2.24, 2.45) is 0 Å². The highest BCUT2D eigenvalue weighted by Gasteiger charge is 2.12. The first-order valence-electron chi connectivity index (χ1n) is 4.53. The van der Waals surface area contributed by atoms with Crippen molar-refractivity contribution in [1.29, 1.82) is 0 Å². The highest BCUT2D eigenvalue weighted by molar-refractivity contribution is 9.10. The molecule has 1 aromatic heterocycles. The molecule has 80 valence electrons. The Kier molecular flexibility index (Phi) is 2.96. The monoisotopic (exact) mass is 277 g/mol. The maximum absolute atomic E-state index is 12.0. The number of halogens is 1. The molecule has 2 N–H and O–H groups in total. The lowest BCUT2D eigenvalue weighted by molar-refractivity contribution is 0.103. The lowest BCUT2D eigenvalue weighted by atomic mass is 10.0. The van der Waals surface area contributed by atoms with Crippen LogP contribution in [-0.2, 0) is 0 Å². The number of rotatable bonds is 2. The van der Waals surface area contributed by atoms with Crippen LogP contribution in [0.2, 0.25) is 0 Å². The number of nitrogen functional groups attached to an aromatic ring is 1. The standard InChI is InChI=1S/C11H8BrN3O/c12-8-1-2-10(13)9(3-8)11(16)7-4-14-6-15-5-7/h1-6H,13H2. The zero-order valence-corrected chi connectivity index (χ0v) is 9.81. The zero-order valence-electron chi connectivity index (χ0n) is 8.22. The summed E-state index contributed by atoms with van der Waals surface area (Å²) in [6.07, 6.45) is 4.31. The van der Waals surface area contributed by atoms with E-state index in [1.165, 1.54) is 18.7 Å². The normalized spacial score (nSPS) is 10.1. The van der Waals surface area contributed by atoms with Crippen LogP contribution in [-0.4, -0.2) is 15.8 Å². The summed E-state index contributed by atoms with van der Waals surface area (Å²) in [6, 6.07) is 5.15. The van der Waals surface area contributed by atoms with Gasteiger partial charge in [-0.1, -0.05) is 15.9 Å². The molecule has 5 heteroatoms. The molecule has 2 rings (SSSR count). The topological polar surface area (TPSA) is 68.9 Å². The number of carbonyl (C=O) groups excluding carboxylic acids is 1. The van der Waals surface area contributed by atoms with E-state index in [2.05, 4.69) is 25.9 Å². The fourth-order valence-corrected chi connectivity index (χ4v) is 1.66. The molecule has 0 radical (unpaired) electrons. The number of nitrogens with zero attached hydrogens (tertiary/aromatic N) is 2.